The van der Waals surface area contributed by atoms with Crippen molar-refractivity contribution in [2.24, 2.45) is 5.41 Å². The zero-order chi connectivity index (χ0) is 18.5. The second kappa shape index (κ2) is 5.80. The van der Waals surface area contributed by atoms with Crippen LogP contribution in [-0.4, -0.2) is 16.0 Å². The van der Waals surface area contributed by atoms with Crippen molar-refractivity contribution < 1.29 is 15.0 Å². The van der Waals surface area contributed by atoms with Crippen molar-refractivity contribution in [3.63, 3.8) is 0 Å². The third-order valence-corrected chi connectivity index (χ3v) is 5.04. The van der Waals surface area contributed by atoms with Crippen molar-refractivity contribution in [2.45, 2.75) is 32.7 Å². The molecule has 0 bridgehead atoms. The minimum absolute atomic E-state index is 0.0455. The Labute approximate surface area is 152 Å². The number of rotatable bonds is 1. The fraction of sp³-hybridized carbons (Fsp3) is 0.286. The molecule has 134 valence electrons. The molecule has 0 spiro atoms. The summed E-state index contributed by atoms with van der Waals surface area (Å²) in [5, 5.41) is 27.1. The summed E-state index contributed by atoms with van der Waals surface area (Å²) in [7, 11) is 0. The Morgan fingerprint density at radius 3 is 2.54 bits per heavy atom. The first-order chi connectivity index (χ1) is 12.3. The first kappa shape index (κ1) is 16.5. The van der Waals surface area contributed by atoms with E-state index in [4.69, 9.17) is 0 Å². The van der Waals surface area contributed by atoms with Crippen LogP contribution in [-0.2, 0) is 4.79 Å². The number of ketones is 1. The van der Waals surface area contributed by atoms with Gasteiger partial charge in [-0.2, -0.15) is 0 Å². The zero-order valence-electron chi connectivity index (χ0n) is 14.8. The molecular weight excluding hydrogens is 328 g/mol. The summed E-state index contributed by atoms with van der Waals surface area (Å²) in [6.45, 7) is 4.17. The standard InChI is InChI=1S/C21H22N2O3/c1-21(2)10-16-19(18(26)11-21)20(13-9-12(24)7-8-17(13)25)23-15-6-4-3-5-14(15)22-16/h3-9,20,22-25H,10-11H2,1-2H3/t20-/m1/s1. The predicted molar refractivity (Wildman–Crippen MR) is 101 cm³/mol. The first-order valence-electron chi connectivity index (χ1n) is 8.75. The van der Waals surface area contributed by atoms with E-state index in [2.05, 4.69) is 24.5 Å². The van der Waals surface area contributed by atoms with Crippen LogP contribution in [0, 0.1) is 5.41 Å². The van der Waals surface area contributed by atoms with Gasteiger partial charge in [0.2, 0.25) is 0 Å². The second-order valence-corrected chi connectivity index (χ2v) is 7.82. The zero-order valence-corrected chi connectivity index (χ0v) is 14.8. The second-order valence-electron chi connectivity index (χ2n) is 7.82. The van der Waals surface area contributed by atoms with Crippen LogP contribution in [0.5, 0.6) is 11.5 Å². The van der Waals surface area contributed by atoms with E-state index < -0.39 is 6.04 Å². The summed E-state index contributed by atoms with van der Waals surface area (Å²) >= 11 is 0. The number of para-hydroxylation sites is 2. The van der Waals surface area contributed by atoms with Gasteiger partial charge in [0.05, 0.1) is 17.4 Å². The highest BCUT2D eigenvalue weighted by Crippen LogP contribution is 2.47. The first-order valence-corrected chi connectivity index (χ1v) is 8.75. The van der Waals surface area contributed by atoms with Crippen molar-refractivity contribution in [3.05, 3.63) is 59.3 Å². The van der Waals surface area contributed by atoms with Crippen LogP contribution < -0.4 is 10.6 Å². The molecule has 4 N–H and O–H groups in total. The Morgan fingerprint density at radius 1 is 1.04 bits per heavy atom. The van der Waals surface area contributed by atoms with Gasteiger partial charge in [-0.05, 0) is 42.2 Å². The smallest absolute Gasteiger partial charge is 0.163 e. The number of phenols is 2. The van der Waals surface area contributed by atoms with Gasteiger partial charge in [-0.25, -0.2) is 0 Å². The van der Waals surface area contributed by atoms with Crippen LogP contribution in [0.2, 0.25) is 0 Å². The van der Waals surface area contributed by atoms with E-state index in [1.807, 2.05) is 24.3 Å². The predicted octanol–water partition coefficient (Wildman–Crippen LogP) is 4.32. The van der Waals surface area contributed by atoms with Gasteiger partial charge in [-0.3, -0.25) is 4.79 Å². The highest BCUT2D eigenvalue weighted by molar-refractivity contribution is 6.01. The minimum atomic E-state index is -0.531. The van der Waals surface area contributed by atoms with E-state index in [1.165, 1.54) is 18.2 Å². The molecule has 1 heterocycles. The van der Waals surface area contributed by atoms with Crippen LogP contribution in [0.1, 0.15) is 38.3 Å². The molecule has 5 heteroatoms. The lowest BCUT2D eigenvalue weighted by Crippen LogP contribution is -2.31. The number of carbonyl (C=O) groups excluding carboxylic acids is 1. The Balaban J connectivity index is 1.93. The molecule has 0 radical (unpaired) electrons. The molecule has 0 saturated carbocycles. The number of Topliss-reactive ketones (excluding diaryl/α,β-unsaturated/α-hetero) is 1. The van der Waals surface area contributed by atoms with E-state index in [1.54, 1.807) is 0 Å². The van der Waals surface area contributed by atoms with Gasteiger partial charge in [-0.15, -0.1) is 0 Å². The van der Waals surface area contributed by atoms with Crippen LogP contribution in [0.25, 0.3) is 0 Å². The Morgan fingerprint density at radius 2 is 1.77 bits per heavy atom. The highest BCUT2D eigenvalue weighted by Gasteiger charge is 2.39. The number of nitrogens with one attached hydrogen (secondary N) is 2. The van der Waals surface area contributed by atoms with Crippen molar-refractivity contribution in [2.75, 3.05) is 10.6 Å². The lowest BCUT2D eigenvalue weighted by molar-refractivity contribution is -0.118. The average Bonchev–Trinajstić information content (AvgIpc) is 2.72. The number of aromatic hydroxyl groups is 2. The number of hydrogen-bond acceptors (Lipinski definition) is 5. The molecule has 0 saturated heterocycles. The monoisotopic (exact) mass is 350 g/mol. The molecule has 0 fully saturated rings. The Bertz CT molecular complexity index is 931. The molecule has 0 amide bonds. The summed E-state index contributed by atoms with van der Waals surface area (Å²) in [4.78, 5) is 13.0. The van der Waals surface area contributed by atoms with E-state index >= 15 is 0 Å². The molecule has 5 nitrogen and oxygen atoms in total. The third kappa shape index (κ3) is 2.79. The maximum atomic E-state index is 13.0. The maximum absolute atomic E-state index is 13.0. The normalized spacial score (nSPS) is 21.2. The quantitative estimate of drug-likeness (QED) is 0.576. The molecule has 2 aromatic carbocycles. The number of allylic oxidation sites excluding steroid dienone is 1. The fourth-order valence-corrected chi connectivity index (χ4v) is 3.90. The summed E-state index contributed by atoms with van der Waals surface area (Å²) < 4.78 is 0. The van der Waals surface area contributed by atoms with E-state index in [0.717, 1.165) is 23.5 Å². The maximum Gasteiger partial charge on any atom is 0.163 e. The van der Waals surface area contributed by atoms with Gasteiger partial charge in [0.15, 0.2) is 5.78 Å². The molecule has 1 atom stereocenters. The van der Waals surface area contributed by atoms with Crippen molar-refractivity contribution >= 4 is 17.2 Å². The van der Waals surface area contributed by atoms with Crippen molar-refractivity contribution in [1.29, 1.82) is 0 Å². The molecule has 0 aromatic heterocycles. The molecule has 2 aliphatic rings. The summed E-state index contributed by atoms with van der Waals surface area (Å²) in [5.74, 6) is 0.150. The SMILES string of the molecule is CC1(C)CC(=O)C2=C(C1)Nc1ccccc1N[C@@H]2c1cc(O)ccc1O. The van der Waals surface area contributed by atoms with E-state index in [0.29, 0.717) is 17.6 Å². The number of fused-ring (bicyclic) bond motifs is 1. The molecule has 1 aliphatic heterocycles. The average molecular weight is 350 g/mol. The van der Waals surface area contributed by atoms with Crippen LogP contribution in [0.3, 0.4) is 0 Å². The molecule has 1 aliphatic carbocycles. The lowest BCUT2D eigenvalue weighted by Gasteiger charge is -2.34. The van der Waals surface area contributed by atoms with Gasteiger partial charge in [-0.1, -0.05) is 26.0 Å². The number of benzene rings is 2. The number of hydrogen-bond donors (Lipinski definition) is 4. The van der Waals surface area contributed by atoms with Gasteiger partial charge in [0.25, 0.3) is 0 Å². The van der Waals surface area contributed by atoms with Gasteiger partial charge in [0.1, 0.15) is 11.5 Å². The topological polar surface area (TPSA) is 81.6 Å². The van der Waals surface area contributed by atoms with Crippen LogP contribution in [0.4, 0.5) is 11.4 Å². The number of carbonyl (C=O) groups is 1. The Hall–Kier alpha value is -2.95. The molecule has 2 aromatic rings. The van der Waals surface area contributed by atoms with Crippen LogP contribution in [0.15, 0.2) is 53.7 Å². The number of phenolic OH excluding ortho intramolecular Hbond substituents is 2. The summed E-state index contributed by atoms with van der Waals surface area (Å²) in [6.07, 6.45) is 1.18. The molecule has 0 unspecified atom stereocenters. The Kier molecular flexibility index (Phi) is 3.68. The van der Waals surface area contributed by atoms with Crippen LogP contribution >= 0.6 is 0 Å². The van der Waals surface area contributed by atoms with E-state index in [-0.39, 0.29) is 22.7 Å². The third-order valence-electron chi connectivity index (χ3n) is 5.04. The molecule has 26 heavy (non-hydrogen) atoms. The van der Waals surface area contributed by atoms with Gasteiger partial charge in [0, 0.05) is 23.3 Å². The number of anilines is 2. The fourth-order valence-electron chi connectivity index (χ4n) is 3.90. The van der Waals surface area contributed by atoms with Crippen molar-refractivity contribution in [3.8, 4) is 11.5 Å². The van der Waals surface area contributed by atoms with Crippen molar-refractivity contribution in [1.82, 2.24) is 0 Å². The van der Waals surface area contributed by atoms with Gasteiger partial charge >= 0.3 is 0 Å². The van der Waals surface area contributed by atoms with Gasteiger partial charge < -0.3 is 20.8 Å². The summed E-state index contributed by atoms with van der Waals surface area (Å²) in [5.41, 5.74) is 3.60. The summed E-state index contributed by atoms with van der Waals surface area (Å²) in [6, 6.07) is 11.6. The minimum Gasteiger partial charge on any atom is -0.508 e. The lowest BCUT2D eigenvalue weighted by atomic mass is 9.73. The molecular formula is C21H22N2O3. The van der Waals surface area contributed by atoms with E-state index in [9.17, 15) is 15.0 Å². The largest absolute Gasteiger partial charge is 0.508 e. The molecule has 4 rings (SSSR count). The highest BCUT2D eigenvalue weighted by atomic mass is 16.3.